The highest BCUT2D eigenvalue weighted by Gasteiger charge is 2.01. The van der Waals surface area contributed by atoms with Crippen molar-refractivity contribution in [2.24, 2.45) is 5.73 Å². The number of thioether (sulfide) groups is 1. The van der Waals surface area contributed by atoms with Crippen LogP contribution in [0, 0.1) is 6.92 Å². The first-order chi connectivity index (χ1) is 6.09. The Labute approximate surface area is 83.7 Å². The zero-order chi connectivity index (χ0) is 9.84. The Balaban J connectivity index is 2.70. The minimum Gasteiger partial charge on any atom is -0.398 e. The molecule has 0 aliphatic rings. The topological polar surface area (TPSA) is 52.0 Å². The number of anilines is 1. The van der Waals surface area contributed by atoms with Gasteiger partial charge in [0, 0.05) is 22.4 Å². The molecule has 4 N–H and O–H groups in total. The molecule has 0 aliphatic heterocycles. The highest BCUT2D eigenvalue weighted by molar-refractivity contribution is 7.99. The number of nitrogens with two attached hydrogens (primary N) is 2. The SMILES string of the molecule is Cc1ccc(N)c(SCC(C)N)c1. The molecule has 0 saturated heterocycles. The lowest BCUT2D eigenvalue weighted by Gasteiger charge is -2.08. The van der Waals surface area contributed by atoms with Crippen LogP contribution in [0.15, 0.2) is 23.1 Å². The molecule has 1 aromatic rings. The van der Waals surface area contributed by atoms with Crippen LogP contribution in [0.1, 0.15) is 12.5 Å². The molecule has 0 heterocycles. The summed E-state index contributed by atoms with van der Waals surface area (Å²) in [6.45, 7) is 4.06. The third kappa shape index (κ3) is 3.28. The van der Waals surface area contributed by atoms with Gasteiger partial charge < -0.3 is 11.5 Å². The van der Waals surface area contributed by atoms with Crippen molar-refractivity contribution < 1.29 is 0 Å². The van der Waals surface area contributed by atoms with Crippen LogP contribution in [0.3, 0.4) is 0 Å². The van der Waals surface area contributed by atoms with Gasteiger partial charge in [-0.2, -0.15) is 0 Å². The molecule has 0 aliphatic carbocycles. The highest BCUT2D eigenvalue weighted by Crippen LogP contribution is 2.26. The van der Waals surface area contributed by atoms with E-state index in [1.54, 1.807) is 11.8 Å². The van der Waals surface area contributed by atoms with Crippen molar-refractivity contribution in [3.05, 3.63) is 23.8 Å². The molecule has 1 unspecified atom stereocenters. The van der Waals surface area contributed by atoms with Gasteiger partial charge in [-0.25, -0.2) is 0 Å². The molecule has 0 radical (unpaired) electrons. The van der Waals surface area contributed by atoms with Crippen molar-refractivity contribution in [3.63, 3.8) is 0 Å². The van der Waals surface area contributed by atoms with Crippen LogP contribution in [-0.4, -0.2) is 11.8 Å². The van der Waals surface area contributed by atoms with Crippen LogP contribution >= 0.6 is 11.8 Å². The fourth-order valence-electron chi connectivity index (χ4n) is 0.988. The predicted molar refractivity (Wildman–Crippen MR) is 60.0 cm³/mol. The molecule has 0 bridgehead atoms. The maximum absolute atomic E-state index is 5.81. The normalized spacial score (nSPS) is 12.8. The maximum Gasteiger partial charge on any atom is 0.0452 e. The second-order valence-corrected chi connectivity index (χ2v) is 4.39. The summed E-state index contributed by atoms with van der Waals surface area (Å²) in [5.74, 6) is 0.910. The summed E-state index contributed by atoms with van der Waals surface area (Å²) in [6, 6.07) is 6.27. The molecular weight excluding hydrogens is 180 g/mol. The van der Waals surface area contributed by atoms with Gasteiger partial charge in [0.15, 0.2) is 0 Å². The molecule has 0 aromatic heterocycles. The summed E-state index contributed by atoms with van der Waals surface area (Å²) < 4.78 is 0. The van der Waals surface area contributed by atoms with Crippen molar-refractivity contribution in [2.75, 3.05) is 11.5 Å². The van der Waals surface area contributed by atoms with Crippen LogP contribution in [0.2, 0.25) is 0 Å². The molecule has 1 rings (SSSR count). The number of benzene rings is 1. The number of rotatable bonds is 3. The lowest BCUT2D eigenvalue weighted by Crippen LogP contribution is -2.17. The zero-order valence-electron chi connectivity index (χ0n) is 8.08. The van der Waals surface area contributed by atoms with E-state index in [9.17, 15) is 0 Å². The average molecular weight is 196 g/mol. The second kappa shape index (κ2) is 4.53. The van der Waals surface area contributed by atoms with E-state index in [1.807, 2.05) is 19.1 Å². The van der Waals surface area contributed by atoms with Crippen molar-refractivity contribution >= 4 is 17.4 Å². The fraction of sp³-hybridized carbons (Fsp3) is 0.400. The van der Waals surface area contributed by atoms with Crippen LogP contribution < -0.4 is 11.5 Å². The van der Waals surface area contributed by atoms with Gasteiger partial charge >= 0.3 is 0 Å². The quantitative estimate of drug-likeness (QED) is 0.574. The van der Waals surface area contributed by atoms with Gasteiger partial charge in [0.25, 0.3) is 0 Å². The summed E-state index contributed by atoms with van der Waals surface area (Å²) in [4.78, 5) is 1.14. The van der Waals surface area contributed by atoms with Crippen molar-refractivity contribution in [1.29, 1.82) is 0 Å². The molecule has 72 valence electrons. The highest BCUT2D eigenvalue weighted by atomic mass is 32.2. The number of aryl methyl sites for hydroxylation is 1. The summed E-state index contributed by atoms with van der Waals surface area (Å²) in [6.07, 6.45) is 0. The molecule has 0 fully saturated rings. The lowest BCUT2D eigenvalue weighted by molar-refractivity contribution is 0.847. The Morgan fingerprint density at radius 1 is 1.46 bits per heavy atom. The summed E-state index contributed by atoms with van der Waals surface area (Å²) in [5.41, 5.74) is 13.6. The third-order valence-electron chi connectivity index (χ3n) is 1.67. The van der Waals surface area contributed by atoms with Crippen LogP contribution in [0.25, 0.3) is 0 Å². The molecule has 0 saturated carbocycles. The van der Waals surface area contributed by atoms with Crippen LogP contribution in [-0.2, 0) is 0 Å². The van der Waals surface area contributed by atoms with Crippen LogP contribution in [0.4, 0.5) is 5.69 Å². The average Bonchev–Trinajstić information content (AvgIpc) is 2.06. The molecule has 13 heavy (non-hydrogen) atoms. The predicted octanol–water partition coefficient (Wildman–Crippen LogP) is 2.02. The van der Waals surface area contributed by atoms with Crippen molar-refractivity contribution in [1.82, 2.24) is 0 Å². The van der Waals surface area contributed by atoms with E-state index < -0.39 is 0 Å². The maximum atomic E-state index is 5.81. The molecule has 0 amide bonds. The molecule has 3 heteroatoms. The van der Waals surface area contributed by atoms with Gasteiger partial charge in [0.1, 0.15) is 0 Å². The van der Waals surface area contributed by atoms with E-state index >= 15 is 0 Å². The minimum atomic E-state index is 0.213. The smallest absolute Gasteiger partial charge is 0.0452 e. The van der Waals surface area contributed by atoms with Gasteiger partial charge in [-0.15, -0.1) is 11.8 Å². The molecule has 2 nitrogen and oxygen atoms in total. The third-order valence-corrected chi connectivity index (χ3v) is 3.03. The Morgan fingerprint density at radius 3 is 2.77 bits per heavy atom. The van der Waals surface area contributed by atoms with Crippen molar-refractivity contribution in [3.8, 4) is 0 Å². The van der Waals surface area contributed by atoms with E-state index in [1.165, 1.54) is 5.56 Å². The monoisotopic (exact) mass is 196 g/mol. The number of nitrogen functional groups attached to an aromatic ring is 1. The van der Waals surface area contributed by atoms with E-state index in [-0.39, 0.29) is 6.04 Å². The molecule has 1 atom stereocenters. The van der Waals surface area contributed by atoms with E-state index in [0.29, 0.717) is 0 Å². The Morgan fingerprint density at radius 2 is 2.15 bits per heavy atom. The Kier molecular flexibility index (Phi) is 3.63. The standard InChI is InChI=1S/C10H16N2S/c1-7-3-4-9(12)10(5-7)13-6-8(2)11/h3-5,8H,6,11-12H2,1-2H3. The van der Waals surface area contributed by atoms with Gasteiger partial charge in [0.2, 0.25) is 0 Å². The Hall–Kier alpha value is -0.670. The first kappa shape index (κ1) is 10.4. The molecular formula is C10H16N2S. The molecule has 0 spiro atoms. The second-order valence-electron chi connectivity index (χ2n) is 3.33. The van der Waals surface area contributed by atoms with E-state index in [0.717, 1.165) is 16.3 Å². The lowest BCUT2D eigenvalue weighted by atomic mass is 10.2. The number of hydrogen-bond acceptors (Lipinski definition) is 3. The van der Waals surface area contributed by atoms with Gasteiger partial charge in [-0.05, 0) is 31.5 Å². The largest absolute Gasteiger partial charge is 0.398 e. The summed E-state index contributed by atoms with van der Waals surface area (Å²) in [7, 11) is 0. The Bertz CT molecular complexity index is 284. The summed E-state index contributed by atoms with van der Waals surface area (Å²) in [5, 5.41) is 0. The first-order valence-electron chi connectivity index (χ1n) is 4.34. The first-order valence-corrected chi connectivity index (χ1v) is 5.32. The number of hydrogen-bond donors (Lipinski definition) is 2. The van der Waals surface area contributed by atoms with E-state index in [4.69, 9.17) is 11.5 Å². The van der Waals surface area contributed by atoms with Gasteiger partial charge in [0.05, 0.1) is 0 Å². The summed E-state index contributed by atoms with van der Waals surface area (Å²) >= 11 is 1.72. The van der Waals surface area contributed by atoms with Gasteiger partial charge in [-0.3, -0.25) is 0 Å². The molecule has 1 aromatic carbocycles. The fourth-order valence-corrected chi connectivity index (χ4v) is 1.93. The minimum absolute atomic E-state index is 0.213. The van der Waals surface area contributed by atoms with Gasteiger partial charge in [-0.1, -0.05) is 6.07 Å². The van der Waals surface area contributed by atoms with E-state index in [2.05, 4.69) is 13.0 Å². The van der Waals surface area contributed by atoms with Crippen LogP contribution in [0.5, 0.6) is 0 Å². The zero-order valence-corrected chi connectivity index (χ0v) is 8.90. The van der Waals surface area contributed by atoms with Crippen molar-refractivity contribution in [2.45, 2.75) is 24.8 Å².